The lowest BCUT2D eigenvalue weighted by Crippen LogP contribution is -2.04. The molecule has 0 saturated heterocycles. The zero-order chi connectivity index (χ0) is 14.1. The molecule has 5 nitrogen and oxygen atoms in total. The van der Waals surface area contributed by atoms with Crippen molar-refractivity contribution in [3.8, 4) is 17.0 Å². The van der Waals surface area contributed by atoms with Crippen molar-refractivity contribution in [3.05, 3.63) is 54.4 Å². The first kappa shape index (κ1) is 12.2. The van der Waals surface area contributed by atoms with E-state index in [9.17, 15) is 9.90 Å². The van der Waals surface area contributed by atoms with Gasteiger partial charge < -0.3 is 10.2 Å². The van der Waals surface area contributed by atoms with E-state index in [-0.39, 0.29) is 12.2 Å². The molecule has 2 aromatic heterocycles. The van der Waals surface area contributed by atoms with Crippen molar-refractivity contribution in [2.45, 2.75) is 6.42 Å². The van der Waals surface area contributed by atoms with Gasteiger partial charge in [0, 0.05) is 11.8 Å². The Hall–Kier alpha value is -2.82. The average Bonchev–Trinajstić information content (AvgIpc) is 2.80. The number of hydrogen-bond donors (Lipinski definition) is 2. The van der Waals surface area contributed by atoms with Crippen LogP contribution in [0.15, 0.2) is 48.7 Å². The maximum atomic E-state index is 11.1. The van der Waals surface area contributed by atoms with Crippen molar-refractivity contribution in [1.29, 1.82) is 0 Å². The summed E-state index contributed by atoms with van der Waals surface area (Å²) >= 11 is 0. The second-order valence-electron chi connectivity index (χ2n) is 4.43. The van der Waals surface area contributed by atoms with Crippen molar-refractivity contribution >= 4 is 11.6 Å². The van der Waals surface area contributed by atoms with E-state index in [2.05, 4.69) is 4.98 Å². The summed E-state index contributed by atoms with van der Waals surface area (Å²) in [6.45, 7) is 0. The Morgan fingerprint density at radius 1 is 1.15 bits per heavy atom. The summed E-state index contributed by atoms with van der Waals surface area (Å²) < 4.78 is 1.62. The van der Waals surface area contributed by atoms with Crippen LogP contribution in [-0.2, 0) is 11.2 Å². The molecule has 2 heterocycles. The first-order chi connectivity index (χ1) is 9.66. The van der Waals surface area contributed by atoms with E-state index in [1.54, 1.807) is 16.7 Å². The second kappa shape index (κ2) is 4.70. The van der Waals surface area contributed by atoms with Crippen LogP contribution in [0.25, 0.3) is 16.9 Å². The molecule has 20 heavy (non-hydrogen) atoms. The molecular weight excluding hydrogens is 256 g/mol. The molecule has 0 spiro atoms. The van der Waals surface area contributed by atoms with E-state index in [0.717, 1.165) is 5.56 Å². The fraction of sp³-hybridized carbons (Fsp3) is 0.0667. The summed E-state index contributed by atoms with van der Waals surface area (Å²) in [5.41, 5.74) is 2.32. The highest BCUT2D eigenvalue weighted by molar-refractivity contribution is 5.77. The van der Waals surface area contributed by atoms with Gasteiger partial charge in [0.15, 0.2) is 11.4 Å². The number of aromatic hydroxyl groups is 1. The van der Waals surface area contributed by atoms with Gasteiger partial charge in [-0.15, -0.1) is 0 Å². The molecule has 0 aliphatic rings. The number of carboxylic acids is 1. The maximum absolute atomic E-state index is 11.1. The number of imidazole rings is 1. The number of pyridine rings is 1. The van der Waals surface area contributed by atoms with Gasteiger partial charge >= 0.3 is 5.97 Å². The monoisotopic (exact) mass is 268 g/mol. The van der Waals surface area contributed by atoms with Crippen LogP contribution in [0.1, 0.15) is 5.69 Å². The van der Waals surface area contributed by atoms with Crippen molar-refractivity contribution < 1.29 is 15.0 Å². The van der Waals surface area contributed by atoms with E-state index in [0.29, 0.717) is 17.0 Å². The molecular formula is C15H12N2O3. The summed E-state index contributed by atoms with van der Waals surface area (Å²) in [4.78, 5) is 15.5. The highest BCUT2D eigenvalue weighted by atomic mass is 16.4. The number of hydrogen-bond acceptors (Lipinski definition) is 3. The molecule has 0 saturated carbocycles. The number of carbonyl (C=O) groups is 1. The molecule has 0 radical (unpaired) electrons. The number of benzene rings is 1. The molecule has 0 unspecified atom stereocenters. The number of carboxylic acid groups (broad SMARTS) is 1. The molecule has 0 atom stereocenters. The predicted octanol–water partition coefficient (Wildman–Crippen LogP) is 2.33. The Morgan fingerprint density at radius 2 is 1.90 bits per heavy atom. The fourth-order valence-corrected chi connectivity index (χ4v) is 2.24. The van der Waals surface area contributed by atoms with Gasteiger partial charge in [0.25, 0.3) is 0 Å². The average molecular weight is 268 g/mol. The van der Waals surface area contributed by atoms with Crippen molar-refractivity contribution in [2.75, 3.05) is 0 Å². The van der Waals surface area contributed by atoms with Crippen LogP contribution < -0.4 is 0 Å². The van der Waals surface area contributed by atoms with Gasteiger partial charge in [-0.1, -0.05) is 30.3 Å². The van der Waals surface area contributed by atoms with Crippen LogP contribution in [-0.4, -0.2) is 25.6 Å². The minimum Gasteiger partial charge on any atom is -0.504 e. The van der Waals surface area contributed by atoms with Crippen LogP contribution in [0.3, 0.4) is 0 Å². The molecule has 3 aromatic rings. The highest BCUT2D eigenvalue weighted by Gasteiger charge is 2.17. The highest BCUT2D eigenvalue weighted by Crippen LogP contribution is 2.28. The number of fused-ring (bicyclic) bond motifs is 1. The molecule has 3 rings (SSSR count). The van der Waals surface area contributed by atoms with Gasteiger partial charge in [0.1, 0.15) is 0 Å². The summed E-state index contributed by atoms with van der Waals surface area (Å²) in [6, 6.07) is 12.5. The maximum Gasteiger partial charge on any atom is 0.309 e. The first-order valence-electron chi connectivity index (χ1n) is 6.13. The molecule has 5 heteroatoms. The summed E-state index contributed by atoms with van der Waals surface area (Å²) in [5.74, 6) is -0.909. The van der Waals surface area contributed by atoms with Gasteiger partial charge in [-0.25, -0.2) is 4.98 Å². The molecule has 1 aromatic carbocycles. The normalized spacial score (nSPS) is 10.8. The second-order valence-corrected chi connectivity index (χ2v) is 4.43. The Kier molecular flexibility index (Phi) is 2.87. The lowest BCUT2D eigenvalue weighted by molar-refractivity contribution is -0.136. The third-order valence-electron chi connectivity index (χ3n) is 3.09. The first-order valence-corrected chi connectivity index (χ1v) is 6.13. The molecule has 2 N–H and O–H groups in total. The number of aromatic nitrogens is 2. The summed E-state index contributed by atoms with van der Waals surface area (Å²) in [6.07, 6.45) is 1.54. The van der Waals surface area contributed by atoms with E-state index in [1.807, 2.05) is 30.3 Å². The third-order valence-corrected chi connectivity index (χ3v) is 3.09. The van der Waals surface area contributed by atoms with Crippen molar-refractivity contribution in [3.63, 3.8) is 0 Å². The van der Waals surface area contributed by atoms with Crippen molar-refractivity contribution in [1.82, 2.24) is 9.38 Å². The third kappa shape index (κ3) is 1.99. The smallest absolute Gasteiger partial charge is 0.309 e. The minimum atomic E-state index is -0.938. The molecule has 0 bridgehead atoms. The van der Waals surface area contributed by atoms with Gasteiger partial charge in [0.2, 0.25) is 0 Å². The topological polar surface area (TPSA) is 74.8 Å². The van der Waals surface area contributed by atoms with Gasteiger partial charge in [0.05, 0.1) is 17.8 Å². The largest absolute Gasteiger partial charge is 0.504 e. The van der Waals surface area contributed by atoms with Crippen LogP contribution in [0, 0.1) is 0 Å². The lowest BCUT2D eigenvalue weighted by atomic mass is 10.1. The zero-order valence-corrected chi connectivity index (χ0v) is 10.5. The Balaban J connectivity index is 2.30. The molecule has 0 fully saturated rings. The lowest BCUT2D eigenvalue weighted by Gasteiger charge is -2.02. The molecule has 100 valence electrons. The van der Waals surface area contributed by atoms with Crippen LogP contribution in [0.4, 0.5) is 0 Å². The number of aliphatic carboxylic acids is 1. The minimum absolute atomic E-state index is 0.0290. The van der Waals surface area contributed by atoms with Crippen molar-refractivity contribution in [2.24, 2.45) is 0 Å². The fourth-order valence-electron chi connectivity index (χ4n) is 2.24. The summed E-state index contributed by atoms with van der Waals surface area (Å²) in [7, 11) is 0. The van der Waals surface area contributed by atoms with Gasteiger partial charge in [-0.2, -0.15) is 0 Å². The standard InChI is InChI=1S/C15H12N2O3/c18-12-7-4-8-17-11(9-13(19)20)14(16-15(12)17)10-5-2-1-3-6-10/h1-8,18H,9H2,(H,19,20). The number of nitrogens with zero attached hydrogens (tertiary/aromatic N) is 2. The Bertz CT molecular complexity index is 778. The van der Waals surface area contributed by atoms with Crippen LogP contribution >= 0.6 is 0 Å². The molecule has 0 aliphatic carbocycles. The van der Waals surface area contributed by atoms with E-state index >= 15 is 0 Å². The SMILES string of the molecule is O=C(O)Cc1c(-c2ccccc2)nc2c(O)cccn12. The molecule has 0 aliphatic heterocycles. The van der Waals surface area contributed by atoms with E-state index < -0.39 is 5.97 Å². The van der Waals surface area contributed by atoms with Crippen LogP contribution in [0.5, 0.6) is 5.75 Å². The van der Waals surface area contributed by atoms with E-state index in [4.69, 9.17) is 5.11 Å². The zero-order valence-electron chi connectivity index (χ0n) is 10.5. The Labute approximate surface area is 114 Å². The van der Waals surface area contributed by atoms with E-state index in [1.165, 1.54) is 6.07 Å². The molecule has 0 amide bonds. The van der Waals surface area contributed by atoms with Gasteiger partial charge in [-0.3, -0.25) is 9.20 Å². The predicted molar refractivity (Wildman–Crippen MR) is 73.6 cm³/mol. The van der Waals surface area contributed by atoms with Gasteiger partial charge in [-0.05, 0) is 12.1 Å². The Morgan fingerprint density at radius 3 is 2.60 bits per heavy atom. The summed E-state index contributed by atoms with van der Waals surface area (Å²) in [5, 5.41) is 18.9. The quantitative estimate of drug-likeness (QED) is 0.764. The van der Waals surface area contributed by atoms with Crippen LogP contribution in [0.2, 0.25) is 0 Å². The number of rotatable bonds is 3.